The summed E-state index contributed by atoms with van der Waals surface area (Å²) in [5.41, 5.74) is 8.77. The van der Waals surface area contributed by atoms with Gasteiger partial charge in [-0.15, -0.1) is 22.7 Å². The maximum absolute atomic E-state index is 9.42. The van der Waals surface area contributed by atoms with Gasteiger partial charge in [0, 0.05) is 19.2 Å². The number of fused-ring (bicyclic) bond motifs is 5. The minimum atomic E-state index is -0.672. The molecule has 0 atom stereocenters. The third-order valence-electron chi connectivity index (χ3n) is 9.85. The zero-order valence-corrected chi connectivity index (χ0v) is 29.3. The average Bonchev–Trinajstić information content (AvgIpc) is 3.89. The van der Waals surface area contributed by atoms with Crippen molar-refractivity contribution in [2.45, 2.75) is 5.41 Å². The summed E-state index contributed by atoms with van der Waals surface area (Å²) < 4.78 is 14.2. The van der Waals surface area contributed by atoms with Gasteiger partial charge < -0.3 is 19.7 Å². The van der Waals surface area contributed by atoms with Gasteiger partial charge in [0.05, 0.1) is 18.6 Å². The van der Waals surface area contributed by atoms with Crippen molar-refractivity contribution in [3.8, 4) is 43.5 Å². The van der Waals surface area contributed by atoms with E-state index >= 15 is 0 Å². The number of aliphatic hydroxyl groups excluding tert-OH is 2. The SMILES string of the molecule is OCCOc1ccc(C2(c3ccc(OCCO)cc3)c3cc(-c4cc5ccccc5s4)ccc3-c3ccc(-c4cc5ccccc5s4)cc32)cc1. The monoisotopic (exact) mass is 702 g/mol. The molecule has 0 fully saturated rings. The van der Waals surface area contributed by atoms with Crippen LogP contribution in [-0.4, -0.2) is 36.6 Å². The second-order valence-corrected chi connectivity index (χ2v) is 14.9. The third kappa shape index (κ3) is 5.43. The molecule has 6 aromatic carbocycles. The fourth-order valence-corrected chi connectivity index (χ4v) is 9.71. The summed E-state index contributed by atoms with van der Waals surface area (Å²) in [5.74, 6) is 1.43. The Balaban J connectivity index is 1.31. The van der Waals surface area contributed by atoms with Crippen LogP contribution in [0.1, 0.15) is 22.3 Å². The molecular weight excluding hydrogens is 669 g/mol. The molecule has 0 bridgehead atoms. The molecular formula is C45H34O4S2. The molecule has 2 aromatic heterocycles. The van der Waals surface area contributed by atoms with Crippen LogP contribution >= 0.6 is 22.7 Å². The number of thiophene rings is 2. The molecule has 0 unspecified atom stereocenters. The first kappa shape index (κ1) is 31.7. The molecule has 1 aliphatic rings. The van der Waals surface area contributed by atoms with Crippen LogP contribution < -0.4 is 9.47 Å². The van der Waals surface area contributed by atoms with Crippen molar-refractivity contribution in [2.24, 2.45) is 0 Å². The largest absolute Gasteiger partial charge is 0.491 e. The third-order valence-corrected chi connectivity index (χ3v) is 12.2. The van der Waals surface area contributed by atoms with Gasteiger partial charge in [-0.2, -0.15) is 0 Å². The second-order valence-electron chi connectivity index (χ2n) is 12.8. The molecule has 250 valence electrons. The van der Waals surface area contributed by atoms with Gasteiger partial charge in [-0.05, 0) is 116 Å². The number of benzene rings is 6. The molecule has 8 aromatic rings. The molecule has 1 aliphatic carbocycles. The molecule has 0 saturated heterocycles. The van der Waals surface area contributed by atoms with Gasteiger partial charge in [-0.25, -0.2) is 0 Å². The van der Waals surface area contributed by atoms with Crippen LogP contribution in [0.3, 0.4) is 0 Å². The molecule has 2 N–H and O–H groups in total. The maximum Gasteiger partial charge on any atom is 0.119 e. The smallest absolute Gasteiger partial charge is 0.119 e. The summed E-state index contributed by atoms with van der Waals surface area (Å²) >= 11 is 3.64. The summed E-state index contributed by atoms with van der Waals surface area (Å²) in [4.78, 5) is 2.46. The predicted octanol–water partition coefficient (Wildman–Crippen LogP) is 10.6. The molecule has 6 heteroatoms. The standard InChI is InChI=1S/C45H34O4S2/c46-21-23-48-35-15-11-33(12-16-35)45(34-13-17-36(18-14-34)49-24-22-47)39-25-31(43-27-29-5-1-3-7-41(29)50-43)9-19-37(39)38-20-10-32(26-40(38)45)44-28-30-6-2-4-8-42(30)51-44/h1-20,25-28,46-47H,21-24H2. The van der Waals surface area contributed by atoms with Gasteiger partial charge in [-0.3, -0.25) is 0 Å². The first-order valence-electron chi connectivity index (χ1n) is 17.1. The van der Waals surface area contributed by atoms with E-state index in [4.69, 9.17) is 9.47 Å². The Bertz CT molecular complexity index is 2270. The Morgan fingerprint density at radius 2 is 0.902 bits per heavy atom. The summed E-state index contributed by atoms with van der Waals surface area (Å²) in [6.07, 6.45) is 0. The predicted molar refractivity (Wildman–Crippen MR) is 211 cm³/mol. The molecule has 51 heavy (non-hydrogen) atoms. The van der Waals surface area contributed by atoms with Crippen LogP contribution in [0, 0.1) is 0 Å². The minimum absolute atomic E-state index is 0.0435. The molecule has 0 aliphatic heterocycles. The second kappa shape index (κ2) is 13.1. The van der Waals surface area contributed by atoms with Crippen molar-refractivity contribution >= 4 is 42.8 Å². The number of hydrogen-bond acceptors (Lipinski definition) is 6. The lowest BCUT2D eigenvalue weighted by Crippen LogP contribution is -2.28. The molecule has 9 rings (SSSR count). The van der Waals surface area contributed by atoms with Crippen LogP contribution in [-0.2, 0) is 5.41 Å². The van der Waals surface area contributed by atoms with Crippen molar-refractivity contribution in [3.63, 3.8) is 0 Å². The molecule has 0 saturated carbocycles. The van der Waals surface area contributed by atoms with E-state index in [0.717, 1.165) is 11.1 Å². The summed E-state index contributed by atoms with van der Waals surface area (Å²) in [6, 6.07) is 52.3. The number of aliphatic hydroxyl groups is 2. The zero-order chi connectivity index (χ0) is 34.4. The number of hydrogen-bond donors (Lipinski definition) is 2. The summed E-state index contributed by atoms with van der Waals surface area (Å²) in [6.45, 7) is 0.390. The van der Waals surface area contributed by atoms with Gasteiger partial charge in [-0.1, -0.05) is 84.9 Å². The Morgan fingerprint density at radius 1 is 0.471 bits per heavy atom. The van der Waals surface area contributed by atoms with Crippen molar-refractivity contribution in [1.29, 1.82) is 0 Å². The molecule has 0 radical (unpaired) electrons. The lowest BCUT2D eigenvalue weighted by molar-refractivity contribution is 0.201. The van der Waals surface area contributed by atoms with E-state index in [0.29, 0.717) is 11.5 Å². The van der Waals surface area contributed by atoms with E-state index < -0.39 is 5.41 Å². The van der Waals surface area contributed by atoms with Crippen molar-refractivity contribution in [3.05, 3.63) is 168 Å². The highest BCUT2D eigenvalue weighted by Crippen LogP contribution is 2.58. The van der Waals surface area contributed by atoms with Gasteiger partial charge in [0.2, 0.25) is 0 Å². The van der Waals surface area contributed by atoms with E-state index in [9.17, 15) is 10.2 Å². The van der Waals surface area contributed by atoms with Crippen LogP contribution in [0.4, 0.5) is 0 Å². The normalized spacial score (nSPS) is 13.0. The zero-order valence-electron chi connectivity index (χ0n) is 27.7. The Morgan fingerprint density at radius 3 is 1.31 bits per heavy atom. The van der Waals surface area contributed by atoms with Crippen molar-refractivity contribution < 1.29 is 19.7 Å². The van der Waals surface area contributed by atoms with E-state index in [2.05, 4.69) is 121 Å². The Labute approximate surface area is 304 Å². The molecule has 0 spiro atoms. The fourth-order valence-electron chi connectivity index (χ4n) is 7.60. The Hall–Kier alpha value is -5.24. The van der Waals surface area contributed by atoms with Crippen LogP contribution in [0.5, 0.6) is 11.5 Å². The van der Waals surface area contributed by atoms with Crippen LogP contribution in [0.2, 0.25) is 0 Å². The first-order valence-corrected chi connectivity index (χ1v) is 18.7. The topological polar surface area (TPSA) is 58.9 Å². The average molecular weight is 703 g/mol. The maximum atomic E-state index is 9.42. The molecule has 2 heterocycles. The Kier molecular flexibility index (Phi) is 8.17. The highest BCUT2D eigenvalue weighted by Gasteiger charge is 2.46. The van der Waals surface area contributed by atoms with Crippen LogP contribution in [0.15, 0.2) is 146 Å². The highest BCUT2D eigenvalue weighted by atomic mass is 32.1. The van der Waals surface area contributed by atoms with Gasteiger partial charge in [0.15, 0.2) is 0 Å². The summed E-state index contributed by atoms with van der Waals surface area (Å²) in [5, 5.41) is 21.3. The minimum Gasteiger partial charge on any atom is -0.491 e. The van der Waals surface area contributed by atoms with E-state index in [1.165, 1.54) is 63.3 Å². The van der Waals surface area contributed by atoms with Gasteiger partial charge >= 0.3 is 0 Å². The number of rotatable bonds is 10. The van der Waals surface area contributed by atoms with Gasteiger partial charge in [0.25, 0.3) is 0 Å². The quantitative estimate of drug-likeness (QED) is 0.149. The molecule has 0 amide bonds. The molecule has 4 nitrogen and oxygen atoms in total. The number of ether oxygens (including phenoxy) is 2. The van der Waals surface area contributed by atoms with Crippen molar-refractivity contribution in [2.75, 3.05) is 26.4 Å². The highest BCUT2D eigenvalue weighted by molar-refractivity contribution is 7.22. The van der Waals surface area contributed by atoms with E-state index in [1.807, 2.05) is 46.9 Å². The van der Waals surface area contributed by atoms with Gasteiger partial charge in [0.1, 0.15) is 24.7 Å². The fraction of sp³-hybridized carbons (Fsp3) is 0.111. The van der Waals surface area contributed by atoms with Crippen LogP contribution in [0.25, 0.3) is 52.2 Å². The van der Waals surface area contributed by atoms with E-state index in [1.54, 1.807) is 0 Å². The van der Waals surface area contributed by atoms with E-state index in [-0.39, 0.29) is 26.4 Å². The van der Waals surface area contributed by atoms with Crippen molar-refractivity contribution in [1.82, 2.24) is 0 Å². The summed E-state index contributed by atoms with van der Waals surface area (Å²) in [7, 11) is 0. The first-order chi connectivity index (χ1) is 25.1. The lowest BCUT2D eigenvalue weighted by Gasteiger charge is -2.34. The lowest BCUT2D eigenvalue weighted by atomic mass is 9.67.